The number of nitrogens with zero attached hydrogens (tertiary/aromatic N) is 2. The second-order valence-corrected chi connectivity index (χ2v) is 3.50. The number of carbonyl (C=O) groups is 1. The quantitative estimate of drug-likeness (QED) is 0.815. The van der Waals surface area contributed by atoms with Crippen molar-refractivity contribution in [3.8, 4) is 5.69 Å². The summed E-state index contributed by atoms with van der Waals surface area (Å²) < 4.78 is 1.67. The Balaban J connectivity index is 2.27. The van der Waals surface area contributed by atoms with Crippen molar-refractivity contribution in [2.24, 2.45) is 0 Å². The zero-order valence-electron chi connectivity index (χ0n) is 9.26. The van der Waals surface area contributed by atoms with Crippen LogP contribution in [0.15, 0.2) is 49.3 Å². The molecule has 2 aromatic rings. The molecular weight excluding hydrogens is 214 g/mol. The monoisotopic (exact) mass is 226 g/mol. The third-order valence-corrected chi connectivity index (χ3v) is 2.27. The van der Waals surface area contributed by atoms with Gasteiger partial charge in [0.2, 0.25) is 5.91 Å². The van der Waals surface area contributed by atoms with Crippen LogP contribution in [0.5, 0.6) is 0 Å². The van der Waals surface area contributed by atoms with Gasteiger partial charge in [-0.25, -0.2) is 4.68 Å². The molecule has 0 aliphatic carbocycles. The lowest BCUT2D eigenvalue weighted by Gasteiger charge is -2.04. The number of anilines is 1. The lowest BCUT2D eigenvalue weighted by atomic mass is 10.2. The lowest BCUT2D eigenvalue weighted by molar-refractivity contribution is -0.111. The summed E-state index contributed by atoms with van der Waals surface area (Å²) in [6, 6.07) is 7.64. The van der Waals surface area contributed by atoms with Crippen molar-refractivity contribution in [2.75, 3.05) is 5.32 Å². The zero-order chi connectivity index (χ0) is 12.3. The van der Waals surface area contributed by atoms with Crippen molar-refractivity contribution in [2.45, 2.75) is 0 Å². The first-order chi connectivity index (χ1) is 8.20. The molecule has 0 saturated heterocycles. The Kier molecular flexibility index (Phi) is 3.05. The maximum atomic E-state index is 11.1. The molecule has 0 fully saturated rings. The normalized spacial score (nSPS) is 9.94. The molecule has 0 unspecified atom stereocenters. The molecule has 4 heteroatoms. The highest BCUT2D eigenvalue weighted by molar-refractivity contribution is 5.98. The average molecular weight is 226 g/mol. The molecule has 4 nitrogen and oxygen atoms in total. The lowest BCUT2D eigenvalue weighted by Crippen LogP contribution is -2.06. The summed E-state index contributed by atoms with van der Waals surface area (Å²) in [5.74, 6) is -0.257. The van der Waals surface area contributed by atoms with Gasteiger partial charge in [0.15, 0.2) is 0 Å². The number of amides is 1. The van der Waals surface area contributed by atoms with E-state index in [2.05, 4.69) is 23.9 Å². The number of hydrogen-bond donors (Lipinski definition) is 1. The van der Waals surface area contributed by atoms with E-state index in [4.69, 9.17) is 0 Å². The van der Waals surface area contributed by atoms with Crippen LogP contribution in [0.3, 0.4) is 0 Å². The number of para-hydroxylation sites is 1. The molecule has 2 rings (SSSR count). The number of benzene rings is 1. The van der Waals surface area contributed by atoms with Crippen LogP contribution < -0.4 is 5.32 Å². The van der Waals surface area contributed by atoms with Gasteiger partial charge in [0.25, 0.3) is 0 Å². The maximum absolute atomic E-state index is 11.1. The van der Waals surface area contributed by atoms with Crippen molar-refractivity contribution in [3.05, 3.63) is 61.8 Å². The van der Waals surface area contributed by atoms with Crippen LogP contribution in [-0.2, 0) is 4.79 Å². The van der Waals surface area contributed by atoms with Gasteiger partial charge in [0, 0.05) is 0 Å². The van der Waals surface area contributed by atoms with Gasteiger partial charge in [0.1, 0.15) is 0 Å². The van der Waals surface area contributed by atoms with E-state index in [9.17, 15) is 4.79 Å². The Morgan fingerprint density at radius 3 is 2.88 bits per heavy atom. The summed E-state index contributed by atoms with van der Waals surface area (Å²) in [6.07, 6.45) is 4.52. The first-order valence-electron chi connectivity index (χ1n) is 5.10. The van der Waals surface area contributed by atoms with Gasteiger partial charge in [-0.2, -0.15) is 5.10 Å². The molecule has 0 spiro atoms. The standard InChI is InChI=1S/C13H12N3O/c1-3-13(17)15-11-8-14-16(9-11)12-7-5-4-6-10(12)2/h3-9H,1-2H2,(H,15,17). The molecule has 1 aromatic carbocycles. The Bertz CT molecular complexity index is 557. The van der Waals surface area contributed by atoms with Crippen LogP contribution in [-0.4, -0.2) is 15.7 Å². The minimum Gasteiger partial charge on any atom is -0.320 e. The summed E-state index contributed by atoms with van der Waals surface area (Å²) in [4.78, 5) is 11.1. The number of carbonyl (C=O) groups excluding carboxylic acids is 1. The number of nitrogens with one attached hydrogen (secondary N) is 1. The van der Waals surface area contributed by atoms with E-state index in [-0.39, 0.29) is 5.91 Å². The van der Waals surface area contributed by atoms with Gasteiger partial charge in [-0.05, 0) is 24.6 Å². The van der Waals surface area contributed by atoms with Gasteiger partial charge < -0.3 is 5.32 Å². The molecule has 0 saturated carbocycles. The summed E-state index contributed by atoms with van der Waals surface area (Å²) in [5, 5.41) is 6.80. The Hall–Kier alpha value is -2.36. The zero-order valence-corrected chi connectivity index (χ0v) is 9.26. The van der Waals surface area contributed by atoms with Crippen molar-refractivity contribution in [1.82, 2.24) is 9.78 Å². The predicted molar refractivity (Wildman–Crippen MR) is 66.8 cm³/mol. The van der Waals surface area contributed by atoms with Crippen molar-refractivity contribution >= 4 is 11.6 Å². The molecule has 85 valence electrons. The molecule has 0 bridgehead atoms. The van der Waals surface area contributed by atoms with Crippen molar-refractivity contribution < 1.29 is 4.79 Å². The van der Waals surface area contributed by atoms with Crippen LogP contribution in [0.1, 0.15) is 5.56 Å². The van der Waals surface area contributed by atoms with E-state index in [1.165, 1.54) is 6.08 Å². The Morgan fingerprint density at radius 2 is 2.18 bits per heavy atom. The molecule has 1 amide bonds. The summed E-state index contributed by atoms with van der Waals surface area (Å²) in [6.45, 7) is 7.31. The summed E-state index contributed by atoms with van der Waals surface area (Å²) in [5.41, 5.74) is 2.38. The fourth-order valence-electron chi connectivity index (χ4n) is 1.45. The van der Waals surface area contributed by atoms with E-state index < -0.39 is 0 Å². The van der Waals surface area contributed by atoms with Crippen LogP contribution in [0.4, 0.5) is 5.69 Å². The van der Waals surface area contributed by atoms with E-state index in [1.54, 1.807) is 17.1 Å². The van der Waals surface area contributed by atoms with Gasteiger partial charge >= 0.3 is 0 Å². The van der Waals surface area contributed by atoms with E-state index in [1.807, 2.05) is 24.3 Å². The maximum Gasteiger partial charge on any atom is 0.247 e. The predicted octanol–water partition coefficient (Wildman–Crippen LogP) is 2.18. The van der Waals surface area contributed by atoms with Crippen LogP contribution >= 0.6 is 0 Å². The molecule has 0 aliphatic rings. The van der Waals surface area contributed by atoms with Crippen LogP contribution in [0.25, 0.3) is 5.69 Å². The summed E-state index contributed by atoms with van der Waals surface area (Å²) >= 11 is 0. The molecule has 1 aromatic heterocycles. The van der Waals surface area contributed by atoms with Crippen LogP contribution in [0.2, 0.25) is 0 Å². The average Bonchev–Trinajstić information content (AvgIpc) is 2.78. The second kappa shape index (κ2) is 4.65. The van der Waals surface area contributed by atoms with Gasteiger partial charge in [-0.15, -0.1) is 0 Å². The molecule has 0 aliphatic heterocycles. The van der Waals surface area contributed by atoms with Gasteiger partial charge in [-0.1, -0.05) is 24.8 Å². The van der Waals surface area contributed by atoms with E-state index >= 15 is 0 Å². The molecular formula is C13H12N3O. The first-order valence-corrected chi connectivity index (χ1v) is 5.10. The SMILES string of the molecule is [CH2]c1ccccc1-n1cc(NC(=O)C=C)cn1. The van der Waals surface area contributed by atoms with Gasteiger partial charge in [0.05, 0.1) is 23.8 Å². The molecule has 1 heterocycles. The highest BCUT2D eigenvalue weighted by Gasteiger charge is 2.04. The highest BCUT2D eigenvalue weighted by atomic mass is 16.1. The number of hydrogen-bond acceptors (Lipinski definition) is 2. The third-order valence-electron chi connectivity index (χ3n) is 2.27. The highest BCUT2D eigenvalue weighted by Crippen LogP contribution is 2.15. The molecule has 0 atom stereocenters. The van der Waals surface area contributed by atoms with Gasteiger partial charge in [-0.3, -0.25) is 4.79 Å². The third kappa shape index (κ3) is 2.42. The number of rotatable bonds is 3. The summed E-state index contributed by atoms with van der Waals surface area (Å²) in [7, 11) is 0. The minimum atomic E-state index is -0.257. The smallest absolute Gasteiger partial charge is 0.247 e. The van der Waals surface area contributed by atoms with E-state index in [0.717, 1.165) is 11.3 Å². The Morgan fingerprint density at radius 1 is 1.41 bits per heavy atom. The molecule has 1 radical (unpaired) electrons. The van der Waals surface area contributed by atoms with Crippen molar-refractivity contribution in [1.29, 1.82) is 0 Å². The van der Waals surface area contributed by atoms with Crippen molar-refractivity contribution in [3.63, 3.8) is 0 Å². The second-order valence-electron chi connectivity index (χ2n) is 3.50. The fourth-order valence-corrected chi connectivity index (χ4v) is 1.45. The molecule has 17 heavy (non-hydrogen) atoms. The first kappa shape index (κ1) is 11.1. The molecule has 1 N–H and O–H groups in total. The van der Waals surface area contributed by atoms with Crippen LogP contribution in [0, 0.1) is 6.92 Å². The fraction of sp³-hybridized carbons (Fsp3) is 0. The number of aromatic nitrogens is 2. The largest absolute Gasteiger partial charge is 0.320 e. The Labute approximate surface area is 99.6 Å². The van der Waals surface area contributed by atoms with E-state index in [0.29, 0.717) is 5.69 Å². The topological polar surface area (TPSA) is 46.9 Å². The minimum absolute atomic E-state index is 0.257.